The topological polar surface area (TPSA) is 43.3 Å². The Bertz CT molecular complexity index is 413. The molecule has 2 rings (SSSR count). The fourth-order valence-corrected chi connectivity index (χ4v) is 2.24. The van der Waals surface area contributed by atoms with Crippen molar-refractivity contribution < 1.29 is 0 Å². The summed E-state index contributed by atoms with van der Waals surface area (Å²) in [5.74, 6) is 0. The lowest BCUT2D eigenvalue weighted by Crippen LogP contribution is -2.17. The molecule has 2 heterocycles. The largest absolute Gasteiger partial charge is 0.328 e. The molecular formula is C9H13N3S. The van der Waals surface area contributed by atoms with Crippen molar-refractivity contribution in [1.82, 2.24) is 9.38 Å². The highest BCUT2D eigenvalue weighted by Crippen LogP contribution is 2.16. The van der Waals surface area contributed by atoms with Crippen LogP contribution in [0.3, 0.4) is 0 Å². The Kier molecular flexibility index (Phi) is 2.09. The fourth-order valence-electron chi connectivity index (χ4n) is 1.37. The van der Waals surface area contributed by atoms with E-state index in [-0.39, 0.29) is 6.04 Å². The second-order valence-electron chi connectivity index (χ2n) is 3.44. The third-order valence-corrected chi connectivity index (χ3v) is 2.93. The van der Waals surface area contributed by atoms with Crippen LogP contribution in [0.25, 0.3) is 4.96 Å². The van der Waals surface area contributed by atoms with Gasteiger partial charge in [0.2, 0.25) is 0 Å². The molecule has 0 aliphatic rings. The standard InChI is InChI=1S/C9H13N3S/c1-6(10)3-8-4-12-7(2)5-13-9(12)11-8/h4-6H,3,10H2,1-2H3. The monoisotopic (exact) mass is 195 g/mol. The molecule has 2 aromatic heterocycles. The van der Waals surface area contributed by atoms with Crippen molar-refractivity contribution in [3.63, 3.8) is 0 Å². The summed E-state index contributed by atoms with van der Waals surface area (Å²) in [6.45, 7) is 4.08. The van der Waals surface area contributed by atoms with Crippen molar-refractivity contribution >= 4 is 16.3 Å². The van der Waals surface area contributed by atoms with Crippen LogP contribution in [-0.2, 0) is 6.42 Å². The highest BCUT2D eigenvalue weighted by atomic mass is 32.1. The summed E-state index contributed by atoms with van der Waals surface area (Å²) in [7, 11) is 0. The van der Waals surface area contributed by atoms with E-state index in [0.29, 0.717) is 0 Å². The molecule has 70 valence electrons. The number of hydrogen-bond donors (Lipinski definition) is 1. The van der Waals surface area contributed by atoms with Gasteiger partial charge in [0.15, 0.2) is 4.96 Å². The molecule has 4 heteroatoms. The Balaban J connectivity index is 2.39. The maximum absolute atomic E-state index is 5.71. The van der Waals surface area contributed by atoms with Crippen LogP contribution in [0.1, 0.15) is 18.3 Å². The summed E-state index contributed by atoms with van der Waals surface area (Å²) in [6, 6.07) is 0.185. The highest BCUT2D eigenvalue weighted by molar-refractivity contribution is 7.15. The van der Waals surface area contributed by atoms with Crippen LogP contribution in [0.4, 0.5) is 0 Å². The minimum absolute atomic E-state index is 0.185. The summed E-state index contributed by atoms with van der Waals surface area (Å²) in [5.41, 5.74) is 8.03. The molecule has 0 saturated heterocycles. The zero-order valence-corrected chi connectivity index (χ0v) is 8.64. The minimum Gasteiger partial charge on any atom is -0.328 e. The Hall–Kier alpha value is -0.870. The van der Waals surface area contributed by atoms with Gasteiger partial charge in [-0.2, -0.15) is 0 Å². The van der Waals surface area contributed by atoms with E-state index >= 15 is 0 Å². The molecule has 1 atom stereocenters. The number of fused-ring (bicyclic) bond motifs is 1. The Morgan fingerprint density at radius 3 is 3.08 bits per heavy atom. The number of thiazole rings is 1. The molecule has 0 saturated carbocycles. The number of nitrogens with zero attached hydrogens (tertiary/aromatic N) is 2. The molecule has 0 spiro atoms. The van der Waals surface area contributed by atoms with Gasteiger partial charge in [0.05, 0.1) is 5.69 Å². The number of imidazole rings is 1. The van der Waals surface area contributed by atoms with Gasteiger partial charge >= 0.3 is 0 Å². The molecule has 2 N–H and O–H groups in total. The zero-order valence-electron chi connectivity index (χ0n) is 7.82. The van der Waals surface area contributed by atoms with Gasteiger partial charge in [-0.05, 0) is 13.8 Å². The third-order valence-electron chi connectivity index (χ3n) is 1.97. The first-order chi connectivity index (χ1) is 6.16. The van der Waals surface area contributed by atoms with Crippen molar-refractivity contribution in [2.75, 3.05) is 0 Å². The lowest BCUT2D eigenvalue weighted by molar-refractivity contribution is 0.726. The van der Waals surface area contributed by atoms with Gasteiger partial charge in [-0.3, -0.25) is 4.40 Å². The normalized spacial score (nSPS) is 13.8. The van der Waals surface area contributed by atoms with Crippen LogP contribution in [0.5, 0.6) is 0 Å². The molecule has 3 nitrogen and oxygen atoms in total. The van der Waals surface area contributed by atoms with Gasteiger partial charge in [-0.1, -0.05) is 0 Å². The summed E-state index contributed by atoms with van der Waals surface area (Å²) >= 11 is 1.67. The van der Waals surface area contributed by atoms with E-state index in [4.69, 9.17) is 5.73 Å². The Morgan fingerprint density at radius 1 is 1.69 bits per heavy atom. The molecular weight excluding hydrogens is 182 g/mol. The van der Waals surface area contributed by atoms with E-state index in [1.807, 2.05) is 6.92 Å². The van der Waals surface area contributed by atoms with E-state index in [2.05, 4.69) is 27.9 Å². The SMILES string of the molecule is Cc1csc2nc(CC(C)N)cn12. The van der Waals surface area contributed by atoms with Crippen LogP contribution in [0.2, 0.25) is 0 Å². The van der Waals surface area contributed by atoms with E-state index in [0.717, 1.165) is 17.1 Å². The van der Waals surface area contributed by atoms with Crippen molar-refractivity contribution in [3.8, 4) is 0 Å². The highest BCUT2D eigenvalue weighted by Gasteiger charge is 2.06. The molecule has 13 heavy (non-hydrogen) atoms. The van der Waals surface area contributed by atoms with Crippen molar-refractivity contribution in [2.24, 2.45) is 5.73 Å². The third kappa shape index (κ3) is 1.59. The molecule has 0 fully saturated rings. The fraction of sp³-hybridized carbons (Fsp3) is 0.444. The van der Waals surface area contributed by atoms with Gasteiger partial charge in [0, 0.05) is 29.7 Å². The maximum atomic E-state index is 5.71. The first-order valence-electron chi connectivity index (χ1n) is 4.34. The molecule has 1 unspecified atom stereocenters. The van der Waals surface area contributed by atoms with E-state index in [9.17, 15) is 0 Å². The van der Waals surface area contributed by atoms with Crippen molar-refractivity contribution in [1.29, 1.82) is 0 Å². The van der Waals surface area contributed by atoms with Gasteiger partial charge in [0.25, 0.3) is 0 Å². The predicted octanol–water partition coefficient (Wildman–Crippen LogP) is 1.59. The number of rotatable bonds is 2. The Morgan fingerprint density at radius 2 is 2.46 bits per heavy atom. The average Bonchev–Trinajstić information content (AvgIpc) is 2.53. The summed E-state index contributed by atoms with van der Waals surface area (Å²) in [4.78, 5) is 5.54. The molecule has 0 aliphatic heterocycles. The van der Waals surface area contributed by atoms with Crippen LogP contribution in [0, 0.1) is 6.92 Å². The zero-order chi connectivity index (χ0) is 9.42. The van der Waals surface area contributed by atoms with Gasteiger partial charge in [0.1, 0.15) is 0 Å². The molecule has 0 bridgehead atoms. The average molecular weight is 195 g/mol. The van der Waals surface area contributed by atoms with Crippen molar-refractivity contribution in [3.05, 3.63) is 23.0 Å². The number of aryl methyl sites for hydroxylation is 1. The summed E-state index contributed by atoms with van der Waals surface area (Å²) in [5, 5.41) is 2.11. The van der Waals surface area contributed by atoms with Gasteiger partial charge < -0.3 is 5.73 Å². The molecule has 2 aromatic rings. The van der Waals surface area contributed by atoms with Crippen LogP contribution >= 0.6 is 11.3 Å². The number of hydrogen-bond acceptors (Lipinski definition) is 3. The Labute approximate surface area is 81.2 Å². The lowest BCUT2D eigenvalue weighted by Gasteiger charge is -1.98. The van der Waals surface area contributed by atoms with Crippen LogP contribution in [-0.4, -0.2) is 15.4 Å². The predicted molar refractivity (Wildman–Crippen MR) is 55.2 cm³/mol. The van der Waals surface area contributed by atoms with E-state index in [1.54, 1.807) is 11.3 Å². The van der Waals surface area contributed by atoms with Crippen LogP contribution < -0.4 is 5.73 Å². The molecule has 0 aromatic carbocycles. The minimum atomic E-state index is 0.185. The summed E-state index contributed by atoms with van der Waals surface area (Å²) in [6.07, 6.45) is 2.93. The number of nitrogens with two attached hydrogens (primary N) is 1. The molecule has 0 aliphatic carbocycles. The van der Waals surface area contributed by atoms with E-state index < -0.39 is 0 Å². The second-order valence-corrected chi connectivity index (χ2v) is 4.28. The molecule has 0 amide bonds. The van der Waals surface area contributed by atoms with E-state index in [1.165, 1.54) is 5.69 Å². The second kappa shape index (κ2) is 3.12. The smallest absolute Gasteiger partial charge is 0.194 e. The number of aromatic nitrogens is 2. The first kappa shape index (κ1) is 8.72. The van der Waals surface area contributed by atoms with Crippen LogP contribution in [0.15, 0.2) is 11.6 Å². The first-order valence-corrected chi connectivity index (χ1v) is 5.22. The summed E-state index contributed by atoms with van der Waals surface area (Å²) < 4.78 is 2.11. The van der Waals surface area contributed by atoms with Crippen molar-refractivity contribution in [2.45, 2.75) is 26.3 Å². The van der Waals surface area contributed by atoms with Gasteiger partial charge in [-0.25, -0.2) is 4.98 Å². The molecule has 0 radical (unpaired) electrons. The maximum Gasteiger partial charge on any atom is 0.194 e. The lowest BCUT2D eigenvalue weighted by atomic mass is 10.2. The quantitative estimate of drug-likeness (QED) is 0.791. The van der Waals surface area contributed by atoms with Gasteiger partial charge in [-0.15, -0.1) is 11.3 Å².